The largest absolute Gasteiger partial charge is 0.462 e. The van der Waals surface area contributed by atoms with Crippen molar-refractivity contribution in [2.45, 2.75) is 130 Å². The van der Waals surface area contributed by atoms with Crippen LogP contribution in [0.4, 0.5) is 0 Å². The monoisotopic (exact) mass is 487 g/mol. The molecule has 0 N–H and O–H groups in total. The molecule has 0 aliphatic rings. The van der Waals surface area contributed by atoms with Crippen LogP contribution in [0.15, 0.2) is 24.3 Å². The van der Waals surface area contributed by atoms with Gasteiger partial charge in [0.05, 0.1) is 12.2 Å². The van der Waals surface area contributed by atoms with Crippen molar-refractivity contribution >= 4 is 11.9 Å². The van der Waals surface area contributed by atoms with Crippen molar-refractivity contribution in [2.75, 3.05) is 19.7 Å². The topological polar surface area (TPSA) is 46.6 Å². The van der Waals surface area contributed by atoms with Gasteiger partial charge in [-0.25, -0.2) is 4.79 Å². The molecule has 0 aliphatic heterocycles. The van der Waals surface area contributed by atoms with Gasteiger partial charge < -0.3 is 9.64 Å². The summed E-state index contributed by atoms with van der Waals surface area (Å²) in [6.45, 7) is 8.71. The predicted octanol–water partition coefficient (Wildman–Crippen LogP) is 8.98. The van der Waals surface area contributed by atoms with E-state index in [2.05, 4.69) is 20.8 Å². The van der Waals surface area contributed by atoms with Crippen molar-refractivity contribution in [1.29, 1.82) is 0 Å². The average Bonchev–Trinajstić information content (AvgIpc) is 2.88. The van der Waals surface area contributed by atoms with Gasteiger partial charge in [-0.15, -0.1) is 0 Å². The number of hydrogen-bond donors (Lipinski definition) is 0. The number of hydrogen-bond acceptors (Lipinski definition) is 3. The Kier molecular flexibility index (Phi) is 19.1. The van der Waals surface area contributed by atoms with Crippen LogP contribution in [0.25, 0.3) is 0 Å². The lowest BCUT2D eigenvalue weighted by Gasteiger charge is -2.23. The summed E-state index contributed by atoms with van der Waals surface area (Å²) in [6, 6.07) is 7.11. The van der Waals surface area contributed by atoms with Gasteiger partial charge in [0.2, 0.25) is 0 Å². The van der Waals surface area contributed by atoms with Crippen LogP contribution in [0.2, 0.25) is 0 Å². The molecular weight excluding hydrogens is 434 g/mol. The van der Waals surface area contributed by atoms with Gasteiger partial charge in [0.15, 0.2) is 0 Å². The van der Waals surface area contributed by atoms with Gasteiger partial charge in [-0.05, 0) is 37.5 Å². The van der Waals surface area contributed by atoms with Crippen LogP contribution in [0.3, 0.4) is 0 Å². The fraction of sp³-hybridized carbons (Fsp3) is 0.742. The van der Waals surface area contributed by atoms with Gasteiger partial charge in [0.25, 0.3) is 5.91 Å². The van der Waals surface area contributed by atoms with Crippen LogP contribution < -0.4 is 0 Å². The highest BCUT2D eigenvalue weighted by Crippen LogP contribution is 2.14. The lowest BCUT2D eigenvalue weighted by molar-refractivity contribution is 0.0497. The molecule has 0 radical (unpaired) electrons. The Bertz CT molecular complexity index is 659. The molecule has 0 fully saturated rings. The van der Waals surface area contributed by atoms with Crippen molar-refractivity contribution < 1.29 is 14.3 Å². The van der Waals surface area contributed by atoms with Gasteiger partial charge in [0, 0.05) is 18.7 Å². The number of unbranched alkanes of at least 4 members (excludes halogenated alkanes) is 14. The zero-order chi connectivity index (χ0) is 25.6. The molecule has 0 aliphatic carbocycles. The fourth-order valence-corrected chi connectivity index (χ4v) is 4.40. The standard InChI is InChI=1S/C31H53NO3/c1-4-7-10-13-14-17-20-26-35-31(34)29-23-21-22-28(27-29)30(33)32(24-18-15-11-8-5-2)25-19-16-12-9-6-3/h21-23,27H,4-20,24-26H2,1-3H3. The number of benzene rings is 1. The quantitative estimate of drug-likeness (QED) is 0.121. The third-order valence-electron chi connectivity index (χ3n) is 6.68. The highest BCUT2D eigenvalue weighted by molar-refractivity contribution is 5.97. The maximum absolute atomic E-state index is 13.3. The van der Waals surface area contributed by atoms with E-state index in [0.717, 1.165) is 38.8 Å². The van der Waals surface area contributed by atoms with E-state index in [4.69, 9.17) is 4.74 Å². The molecule has 0 saturated heterocycles. The summed E-state index contributed by atoms with van der Waals surface area (Å²) in [5, 5.41) is 0. The third-order valence-corrected chi connectivity index (χ3v) is 6.68. The van der Waals surface area contributed by atoms with Crippen LogP contribution in [0.5, 0.6) is 0 Å². The Hall–Kier alpha value is -1.84. The first-order valence-corrected chi connectivity index (χ1v) is 14.7. The van der Waals surface area contributed by atoms with Crippen LogP contribution in [-0.2, 0) is 4.74 Å². The normalized spacial score (nSPS) is 10.9. The molecule has 1 aromatic carbocycles. The highest BCUT2D eigenvalue weighted by Gasteiger charge is 2.17. The van der Waals surface area contributed by atoms with Crippen LogP contribution in [0, 0.1) is 0 Å². The SMILES string of the molecule is CCCCCCCCCOC(=O)c1cccc(C(=O)N(CCCCCCC)CCCCCCC)c1. The zero-order valence-electron chi connectivity index (χ0n) is 23.1. The maximum atomic E-state index is 13.3. The number of ether oxygens (including phenoxy) is 1. The minimum atomic E-state index is -0.323. The van der Waals surface area contributed by atoms with E-state index in [1.807, 2.05) is 11.0 Å². The number of esters is 1. The fourth-order valence-electron chi connectivity index (χ4n) is 4.40. The van der Waals surface area contributed by atoms with Crippen LogP contribution >= 0.6 is 0 Å². The molecule has 1 aromatic rings. The Morgan fingerprint density at radius 1 is 0.629 bits per heavy atom. The minimum absolute atomic E-state index is 0.0395. The molecule has 0 heterocycles. The Labute approximate surface area is 216 Å². The summed E-state index contributed by atoms with van der Waals surface area (Å²) >= 11 is 0. The summed E-state index contributed by atoms with van der Waals surface area (Å²) in [5.74, 6) is -0.283. The summed E-state index contributed by atoms with van der Waals surface area (Å²) in [7, 11) is 0. The first kappa shape index (κ1) is 31.2. The molecule has 4 heteroatoms. The molecule has 0 aromatic heterocycles. The first-order valence-electron chi connectivity index (χ1n) is 14.7. The second-order valence-electron chi connectivity index (χ2n) is 9.96. The van der Waals surface area contributed by atoms with E-state index in [-0.39, 0.29) is 11.9 Å². The number of nitrogens with zero attached hydrogens (tertiary/aromatic N) is 1. The highest BCUT2D eigenvalue weighted by atomic mass is 16.5. The van der Waals surface area contributed by atoms with Crippen molar-refractivity contribution in [3.63, 3.8) is 0 Å². The van der Waals surface area contributed by atoms with Gasteiger partial charge >= 0.3 is 5.97 Å². The molecule has 200 valence electrons. The predicted molar refractivity (Wildman–Crippen MR) is 148 cm³/mol. The second kappa shape index (κ2) is 21.4. The first-order chi connectivity index (χ1) is 17.1. The molecule has 0 bridgehead atoms. The summed E-state index contributed by atoms with van der Waals surface area (Å²) in [5.41, 5.74) is 1.07. The molecule has 4 nitrogen and oxygen atoms in total. The van der Waals surface area contributed by atoms with E-state index >= 15 is 0 Å². The lowest BCUT2D eigenvalue weighted by Crippen LogP contribution is -2.33. The molecule has 1 amide bonds. The summed E-state index contributed by atoms with van der Waals surface area (Å²) in [4.78, 5) is 27.9. The maximum Gasteiger partial charge on any atom is 0.338 e. The van der Waals surface area contributed by atoms with Gasteiger partial charge in [0.1, 0.15) is 0 Å². The Morgan fingerprint density at radius 2 is 1.09 bits per heavy atom. The molecule has 35 heavy (non-hydrogen) atoms. The second-order valence-corrected chi connectivity index (χ2v) is 9.96. The third kappa shape index (κ3) is 15.0. The molecule has 0 unspecified atom stereocenters. The van der Waals surface area contributed by atoms with Crippen LogP contribution in [0.1, 0.15) is 151 Å². The minimum Gasteiger partial charge on any atom is -0.462 e. The Morgan fingerprint density at radius 3 is 1.63 bits per heavy atom. The van der Waals surface area contributed by atoms with Crippen molar-refractivity contribution in [3.8, 4) is 0 Å². The molecular formula is C31H53NO3. The van der Waals surface area contributed by atoms with Crippen molar-refractivity contribution in [1.82, 2.24) is 4.90 Å². The smallest absolute Gasteiger partial charge is 0.338 e. The number of carbonyl (C=O) groups is 2. The summed E-state index contributed by atoms with van der Waals surface area (Å²) in [6.07, 6.45) is 20.2. The van der Waals surface area contributed by atoms with Gasteiger partial charge in [-0.3, -0.25) is 4.79 Å². The molecule has 1 rings (SSSR count). The van der Waals surface area contributed by atoms with Crippen LogP contribution in [-0.4, -0.2) is 36.5 Å². The molecule has 0 spiro atoms. The van der Waals surface area contributed by atoms with Crippen molar-refractivity contribution in [3.05, 3.63) is 35.4 Å². The zero-order valence-corrected chi connectivity index (χ0v) is 23.1. The van der Waals surface area contributed by atoms with E-state index < -0.39 is 0 Å². The Balaban J connectivity index is 2.58. The van der Waals surface area contributed by atoms with E-state index in [1.165, 1.54) is 83.5 Å². The van der Waals surface area contributed by atoms with Crippen molar-refractivity contribution in [2.24, 2.45) is 0 Å². The number of amides is 1. The van der Waals surface area contributed by atoms with Gasteiger partial charge in [-0.1, -0.05) is 117 Å². The molecule has 0 saturated carbocycles. The van der Waals surface area contributed by atoms with Gasteiger partial charge in [-0.2, -0.15) is 0 Å². The van der Waals surface area contributed by atoms with E-state index in [9.17, 15) is 9.59 Å². The lowest BCUT2D eigenvalue weighted by atomic mass is 10.1. The van der Waals surface area contributed by atoms with E-state index in [0.29, 0.717) is 17.7 Å². The number of rotatable bonds is 22. The summed E-state index contributed by atoms with van der Waals surface area (Å²) < 4.78 is 5.49. The average molecular weight is 488 g/mol. The molecule has 0 atom stereocenters. The number of carbonyl (C=O) groups excluding carboxylic acids is 2. The van der Waals surface area contributed by atoms with E-state index in [1.54, 1.807) is 18.2 Å².